The normalized spacial score (nSPS) is 13.6. The number of hydrogen-bond donors (Lipinski definition) is 4. The summed E-state index contributed by atoms with van der Waals surface area (Å²) >= 11 is 1.57. The molecule has 2 rings (SSSR count). The van der Waals surface area contributed by atoms with Gasteiger partial charge < -0.3 is 21.1 Å². The van der Waals surface area contributed by atoms with Crippen LogP contribution in [-0.2, 0) is 4.79 Å². The topological polar surface area (TPSA) is 104 Å². The van der Waals surface area contributed by atoms with E-state index in [-0.39, 0.29) is 5.54 Å². The number of rotatable bonds is 5. The largest absolute Gasteiger partial charge is 0.479 e. The van der Waals surface area contributed by atoms with Crippen molar-refractivity contribution < 1.29 is 20.1 Å². The van der Waals surface area contributed by atoms with Crippen LogP contribution in [0.3, 0.4) is 0 Å². The second-order valence-electron chi connectivity index (χ2n) is 5.88. The molecule has 1 heterocycles. The van der Waals surface area contributed by atoms with Crippen molar-refractivity contribution in [3.05, 3.63) is 58.3 Å². The second-order valence-corrected chi connectivity index (χ2v) is 6.85. The van der Waals surface area contributed by atoms with E-state index in [9.17, 15) is 9.90 Å². The van der Waals surface area contributed by atoms with E-state index < -0.39 is 18.2 Å². The molecule has 6 heteroatoms. The molecule has 1 aromatic heterocycles. The maximum absolute atomic E-state index is 10.2. The van der Waals surface area contributed by atoms with Crippen LogP contribution in [0.1, 0.15) is 42.9 Å². The minimum absolute atomic E-state index is 0.302. The number of nitrogens with two attached hydrogens (primary N) is 1. The summed E-state index contributed by atoms with van der Waals surface area (Å²) in [7, 11) is 0. The predicted octanol–water partition coefficient (Wildman–Crippen LogP) is 2.71. The minimum Gasteiger partial charge on any atom is -0.479 e. The molecule has 126 valence electrons. The third-order valence-electron chi connectivity index (χ3n) is 2.94. The SMILES string of the molecule is CC(C)(N)CC(O)c1cccs1.O=C(O)C(O)c1ccccc1. The van der Waals surface area contributed by atoms with Crippen molar-refractivity contribution in [1.82, 2.24) is 0 Å². The van der Waals surface area contributed by atoms with Gasteiger partial charge in [0.25, 0.3) is 0 Å². The summed E-state index contributed by atoms with van der Waals surface area (Å²) < 4.78 is 0. The van der Waals surface area contributed by atoms with Crippen LogP contribution in [0.2, 0.25) is 0 Å². The highest BCUT2D eigenvalue weighted by Gasteiger charge is 2.18. The summed E-state index contributed by atoms with van der Waals surface area (Å²) in [6, 6.07) is 12.1. The Bertz CT molecular complexity index is 578. The molecule has 0 aliphatic carbocycles. The Morgan fingerprint density at radius 1 is 1.17 bits per heavy atom. The van der Waals surface area contributed by atoms with Gasteiger partial charge in [0, 0.05) is 10.4 Å². The van der Waals surface area contributed by atoms with Crippen molar-refractivity contribution in [2.75, 3.05) is 0 Å². The predicted molar refractivity (Wildman–Crippen MR) is 91.2 cm³/mol. The first kappa shape index (κ1) is 19.3. The highest BCUT2D eigenvalue weighted by Crippen LogP contribution is 2.25. The molecule has 2 atom stereocenters. The van der Waals surface area contributed by atoms with E-state index in [0.29, 0.717) is 12.0 Å². The van der Waals surface area contributed by atoms with E-state index in [1.54, 1.807) is 41.7 Å². The molecule has 0 spiro atoms. The summed E-state index contributed by atoms with van der Waals surface area (Å²) in [5.41, 5.74) is 5.89. The molecule has 0 saturated carbocycles. The quantitative estimate of drug-likeness (QED) is 0.671. The van der Waals surface area contributed by atoms with E-state index in [1.165, 1.54) is 0 Å². The number of carbonyl (C=O) groups is 1. The van der Waals surface area contributed by atoms with Gasteiger partial charge in [-0.1, -0.05) is 36.4 Å². The number of carboxylic acid groups (broad SMARTS) is 1. The summed E-state index contributed by atoms with van der Waals surface area (Å²) in [5, 5.41) is 29.0. The molecule has 5 N–H and O–H groups in total. The van der Waals surface area contributed by atoms with Gasteiger partial charge in [-0.3, -0.25) is 0 Å². The molecule has 0 fully saturated rings. The molecule has 0 saturated heterocycles. The van der Waals surface area contributed by atoms with Crippen molar-refractivity contribution in [3.63, 3.8) is 0 Å². The Balaban J connectivity index is 0.000000231. The Labute approximate surface area is 140 Å². The second kappa shape index (κ2) is 8.79. The fourth-order valence-corrected chi connectivity index (χ4v) is 2.57. The lowest BCUT2D eigenvalue weighted by molar-refractivity contribution is -0.146. The number of aliphatic hydroxyl groups excluding tert-OH is 2. The van der Waals surface area contributed by atoms with Gasteiger partial charge in [0.15, 0.2) is 6.10 Å². The molecule has 0 bridgehead atoms. The maximum Gasteiger partial charge on any atom is 0.337 e. The molecular weight excluding hydrogens is 314 g/mol. The van der Waals surface area contributed by atoms with E-state index >= 15 is 0 Å². The van der Waals surface area contributed by atoms with Gasteiger partial charge in [-0.05, 0) is 37.3 Å². The van der Waals surface area contributed by atoms with E-state index in [1.807, 2.05) is 31.4 Å². The van der Waals surface area contributed by atoms with Crippen molar-refractivity contribution in [1.29, 1.82) is 0 Å². The summed E-state index contributed by atoms with van der Waals surface area (Å²) in [6.07, 6.45) is -1.21. The molecule has 2 unspecified atom stereocenters. The molecule has 1 aromatic carbocycles. The van der Waals surface area contributed by atoms with E-state index in [0.717, 1.165) is 4.88 Å². The molecule has 2 aromatic rings. The van der Waals surface area contributed by atoms with Gasteiger partial charge in [0.2, 0.25) is 0 Å². The number of aliphatic hydroxyl groups is 2. The van der Waals surface area contributed by atoms with Gasteiger partial charge in [0.1, 0.15) is 0 Å². The maximum atomic E-state index is 10.2. The van der Waals surface area contributed by atoms with Gasteiger partial charge in [-0.15, -0.1) is 11.3 Å². The molecule has 5 nitrogen and oxygen atoms in total. The Hall–Kier alpha value is -1.73. The van der Waals surface area contributed by atoms with Crippen molar-refractivity contribution >= 4 is 17.3 Å². The monoisotopic (exact) mass is 337 g/mol. The van der Waals surface area contributed by atoms with E-state index in [2.05, 4.69) is 0 Å². The third-order valence-corrected chi connectivity index (χ3v) is 3.91. The summed E-state index contributed by atoms with van der Waals surface area (Å²) in [5.74, 6) is -1.23. The van der Waals surface area contributed by atoms with Crippen LogP contribution in [0.15, 0.2) is 47.8 Å². The van der Waals surface area contributed by atoms with Crippen molar-refractivity contribution in [2.45, 2.75) is 38.0 Å². The first-order valence-electron chi connectivity index (χ1n) is 7.17. The number of thiophene rings is 1. The molecule has 0 aliphatic rings. The van der Waals surface area contributed by atoms with Crippen molar-refractivity contribution in [3.8, 4) is 0 Å². The van der Waals surface area contributed by atoms with Crippen LogP contribution in [-0.4, -0.2) is 26.8 Å². The first-order chi connectivity index (χ1) is 10.7. The van der Waals surface area contributed by atoms with Crippen molar-refractivity contribution in [2.24, 2.45) is 5.73 Å². The minimum atomic E-state index is -1.41. The van der Waals surface area contributed by atoms with Crippen LogP contribution < -0.4 is 5.73 Å². The standard InChI is InChI=1S/C9H15NOS.C8H8O3/c1-9(2,10)6-7(11)8-4-3-5-12-8;9-7(8(10)11)6-4-2-1-3-5-6/h3-5,7,11H,6,10H2,1-2H3;1-5,7,9H,(H,10,11). The molecule has 0 aliphatic heterocycles. The number of carboxylic acids is 1. The van der Waals surface area contributed by atoms with Gasteiger partial charge >= 0.3 is 5.97 Å². The molecular formula is C17H23NO4S. The highest BCUT2D eigenvalue weighted by atomic mass is 32.1. The Morgan fingerprint density at radius 2 is 1.78 bits per heavy atom. The summed E-state index contributed by atoms with van der Waals surface area (Å²) in [6.45, 7) is 3.84. The fourth-order valence-electron chi connectivity index (χ4n) is 1.86. The summed E-state index contributed by atoms with van der Waals surface area (Å²) in [4.78, 5) is 11.2. The van der Waals surface area contributed by atoms with Crippen LogP contribution >= 0.6 is 11.3 Å². The third kappa shape index (κ3) is 7.38. The van der Waals surface area contributed by atoms with Crippen LogP contribution in [0.25, 0.3) is 0 Å². The first-order valence-corrected chi connectivity index (χ1v) is 8.05. The van der Waals surface area contributed by atoms with Gasteiger partial charge in [-0.25, -0.2) is 4.79 Å². The van der Waals surface area contributed by atoms with Crippen LogP contribution in [0.4, 0.5) is 0 Å². The zero-order chi connectivity index (χ0) is 17.5. The Morgan fingerprint density at radius 3 is 2.22 bits per heavy atom. The highest BCUT2D eigenvalue weighted by molar-refractivity contribution is 7.10. The lowest BCUT2D eigenvalue weighted by Crippen LogP contribution is -2.33. The van der Waals surface area contributed by atoms with Gasteiger partial charge in [0.05, 0.1) is 6.10 Å². The molecule has 23 heavy (non-hydrogen) atoms. The lowest BCUT2D eigenvalue weighted by atomic mass is 9.97. The van der Waals surface area contributed by atoms with E-state index in [4.69, 9.17) is 15.9 Å². The number of hydrogen-bond acceptors (Lipinski definition) is 5. The molecule has 0 amide bonds. The van der Waals surface area contributed by atoms with Crippen LogP contribution in [0, 0.1) is 0 Å². The zero-order valence-corrected chi connectivity index (χ0v) is 14.0. The fraction of sp³-hybridized carbons (Fsp3) is 0.353. The van der Waals surface area contributed by atoms with Crippen LogP contribution in [0.5, 0.6) is 0 Å². The number of benzene rings is 1. The number of aliphatic carboxylic acids is 1. The Kier molecular flexibility index (Phi) is 7.38. The average molecular weight is 337 g/mol. The molecule has 0 radical (unpaired) electrons. The van der Waals surface area contributed by atoms with Gasteiger partial charge in [-0.2, -0.15) is 0 Å². The smallest absolute Gasteiger partial charge is 0.337 e. The lowest BCUT2D eigenvalue weighted by Gasteiger charge is -2.21. The zero-order valence-electron chi connectivity index (χ0n) is 13.2. The average Bonchev–Trinajstić information content (AvgIpc) is 3.00.